The van der Waals surface area contributed by atoms with E-state index in [1.807, 2.05) is 6.07 Å². The third-order valence-corrected chi connectivity index (χ3v) is 6.71. The molecule has 0 radical (unpaired) electrons. The van der Waals surface area contributed by atoms with E-state index in [-0.39, 0.29) is 29.5 Å². The van der Waals surface area contributed by atoms with E-state index in [2.05, 4.69) is 49.8 Å². The fraction of sp³-hybridized carbons (Fsp3) is 0.393. The van der Waals surface area contributed by atoms with Gasteiger partial charge in [-0.25, -0.2) is 9.37 Å². The molecule has 0 saturated carbocycles. The zero-order valence-corrected chi connectivity index (χ0v) is 23.0. The van der Waals surface area contributed by atoms with Crippen molar-refractivity contribution in [1.29, 1.82) is 0 Å². The summed E-state index contributed by atoms with van der Waals surface area (Å²) in [5, 5.41) is 14.5. The van der Waals surface area contributed by atoms with Gasteiger partial charge >= 0.3 is 6.01 Å². The quantitative estimate of drug-likeness (QED) is 0.287. The highest BCUT2D eigenvalue weighted by molar-refractivity contribution is 6.14. The highest BCUT2D eigenvalue weighted by Gasteiger charge is 2.25. The van der Waals surface area contributed by atoms with Gasteiger partial charge < -0.3 is 25.6 Å². The molecule has 4 aromatic rings. The predicted molar refractivity (Wildman–Crippen MR) is 151 cm³/mol. The van der Waals surface area contributed by atoms with Gasteiger partial charge in [0.1, 0.15) is 5.52 Å². The van der Waals surface area contributed by atoms with Crippen molar-refractivity contribution in [1.82, 2.24) is 30.4 Å². The standard InChI is InChI=1S/C28H33FN8O3/c1-16-13-37(14-17(2)32-16)24-7-6-21(26-22(24)12-31-28(34-26)40-9-5-8-30-18(3)38)27(39)33-20-10-19-15-36(4)35-25(19)23(29)11-20/h6-7,10-12,15-17,32H,5,8-9,13-14H2,1-4H3,(H,30,38)(H,33,39). The molecule has 1 aliphatic heterocycles. The SMILES string of the molecule is CC(=O)NCCCOc1ncc2c(N3CC(C)NC(C)C3)ccc(C(=O)Nc3cc(F)c4nn(C)cc4c3)c2n1. The molecule has 3 N–H and O–H groups in total. The number of nitrogens with one attached hydrogen (secondary N) is 3. The number of carbonyl (C=O) groups excluding carboxylic acids is 2. The minimum Gasteiger partial charge on any atom is -0.463 e. The number of benzene rings is 2. The lowest BCUT2D eigenvalue weighted by Gasteiger charge is -2.38. The number of hydrogen-bond donors (Lipinski definition) is 3. The molecule has 2 unspecified atom stereocenters. The average molecular weight is 549 g/mol. The molecule has 0 aliphatic carbocycles. The minimum absolute atomic E-state index is 0.107. The van der Waals surface area contributed by atoms with Crippen LogP contribution in [0.3, 0.4) is 0 Å². The molecule has 2 aromatic heterocycles. The Morgan fingerprint density at radius 3 is 2.70 bits per heavy atom. The fourth-order valence-electron chi connectivity index (χ4n) is 5.12. The Bertz CT molecular complexity index is 1560. The summed E-state index contributed by atoms with van der Waals surface area (Å²) in [4.78, 5) is 35.9. The van der Waals surface area contributed by atoms with Gasteiger partial charge in [-0.3, -0.25) is 14.3 Å². The van der Waals surface area contributed by atoms with Crippen LogP contribution in [0, 0.1) is 5.82 Å². The van der Waals surface area contributed by atoms with Gasteiger partial charge in [0.25, 0.3) is 5.91 Å². The molecule has 1 aliphatic rings. The lowest BCUT2D eigenvalue weighted by atomic mass is 10.0. The molecule has 1 saturated heterocycles. The van der Waals surface area contributed by atoms with E-state index in [1.54, 1.807) is 31.6 Å². The summed E-state index contributed by atoms with van der Waals surface area (Å²) in [5.41, 5.74) is 2.22. The number of anilines is 2. The summed E-state index contributed by atoms with van der Waals surface area (Å²) in [6.45, 7) is 8.07. The van der Waals surface area contributed by atoms with Crippen LogP contribution in [-0.4, -0.2) is 69.9 Å². The van der Waals surface area contributed by atoms with E-state index in [0.717, 1.165) is 18.8 Å². The van der Waals surface area contributed by atoms with Crippen molar-refractivity contribution in [3.63, 3.8) is 0 Å². The van der Waals surface area contributed by atoms with Crippen LogP contribution in [0.4, 0.5) is 15.8 Å². The molecule has 210 valence electrons. The Labute approximate surface area is 231 Å². The fourth-order valence-corrected chi connectivity index (χ4v) is 5.12. The number of halogens is 1. The first-order valence-corrected chi connectivity index (χ1v) is 13.3. The van der Waals surface area contributed by atoms with Gasteiger partial charge in [0.15, 0.2) is 5.82 Å². The molecule has 2 amide bonds. The third kappa shape index (κ3) is 5.96. The number of rotatable bonds is 8. The zero-order chi connectivity index (χ0) is 28.4. The molecule has 0 bridgehead atoms. The second-order valence-corrected chi connectivity index (χ2v) is 10.3. The third-order valence-electron chi connectivity index (χ3n) is 6.71. The number of fused-ring (bicyclic) bond motifs is 2. The van der Waals surface area contributed by atoms with Crippen molar-refractivity contribution in [3.8, 4) is 6.01 Å². The lowest BCUT2D eigenvalue weighted by Crippen LogP contribution is -2.54. The van der Waals surface area contributed by atoms with Crippen molar-refractivity contribution >= 4 is 45.0 Å². The maximum Gasteiger partial charge on any atom is 0.316 e. The van der Waals surface area contributed by atoms with Crippen molar-refractivity contribution in [2.75, 3.05) is 36.5 Å². The Hall–Kier alpha value is -4.32. The van der Waals surface area contributed by atoms with Gasteiger partial charge in [-0.05, 0) is 44.5 Å². The van der Waals surface area contributed by atoms with Gasteiger partial charge in [-0.2, -0.15) is 10.1 Å². The molecule has 2 atom stereocenters. The summed E-state index contributed by atoms with van der Waals surface area (Å²) in [6, 6.07) is 7.28. The average Bonchev–Trinajstić information content (AvgIpc) is 3.27. The summed E-state index contributed by atoms with van der Waals surface area (Å²) >= 11 is 0. The first-order chi connectivity index (χ1) is 19.2. The molecular formula is C28H33FN8O3. The van der Waals surface area contributed by atoms with Crippen molar-refractivity contribution in [2.45, 2.75) is 39.3 Å². The summed E-state index contributed by atoms with van der Waals surface area (Å²) in [7, 11) is 1.71. The molecule has 11 nitrogen and oxygen atoms in total. The van der Waals surface area contributed by atoms with Crippen LogP contribution in [0.25, 0.3) is 21.8 Å². The Balaban J connectivity index is 1.47. The van der Waals surface area contributed by atoms with Crippen molar-refractivity contribution < 1.29 is 18.7 Å². The first-order valence-electron chi connectivity index (χ1n) is 13.3. The molecule has 40 heavy (non-hydrogen) atoms. The van der Waals surface area contributed by atoms with E-state index in [4.69, 9.17) is 4.74 Å². The van der Waals surface area contributed by atoms with Crippen LogP contribution in [0.2, 0.25) is 0 Å². The topological polar surface area (TPSA) is 126 Å². The van der Waals surface area contributed by atoms with Gasteiger partial charge in [0.2, 0.25) is 5.91 Å². The van der Waals surface area contributed by atoms with Crippen LogP contribution in [-0.2, 0) is 11.8 Å². The number of amides is 2. The normalized spacial score (nSPS) is 17.3. The van der Waals surface area contributed by atoms with Gasteiger partial charge in [0, 0.05) is 80.2 Å². The molecule has 5 rings (SSSR count). The Morgan fingerprint density at radius 2 is 1.95 bits per heavy atom. The van der Waals surface area contributed by atoms with Gasteiger partial charge in [-0.15, -0.1) is 0 Å². The van der Waals surface area contributed by atoms with Crippen molar-refractivity contribution in [2.24, 2.45) is 7.05 Å². The first kappa shape index (κ1) is 27.3. The summed E-state index contributed by atoms with van der Waals surface area (Å²) in [5.74, 6) is -1.06. The Morgan fingerprint density at radius 1 is 1.18 bits per heavy atom. The number of carbonyl (C=O) groups is 2. The second kappa shape index (κ2) is 11.4. The number of piperazine rings is 1. The lowest BCUT2D eigenvalue weighted by molar-refractivity contribution is -0.118. The zero-order valence-electron chi connectivity index (χ0n) is 23.0. The molecular weight excluding hydrogens is 515 g/mol. The van der Waals surface area contributed by atoms with E-state index < -0.39 is 11.7 Å². The van der Waals surface area contributed by atoms with Crippen LogP contribution in [0.5, 0.6) is 6.01 Å². The molecule has 1 fully saturated rings. The van der Waals surface area contributed by atoms with Gasteiger partial charge in [0.05, 0.1) is 17.7 Å². The maximum absolute atomic E-state index is 14.7. The number of aromatic nitrogens is 4. The molecule has 12 heteroatoms. The van der Waals surface area contributed by atoms with Crippen LogP contribution in [0.1, 0.15) is 37.6 Å². The smallest absolute Gasteiger partial charge is 0.316 e. The molecule has 0 spiro atoms. The number of aryl methyl sites for hydroxylation is 1. The largest absolute Gasteiger partial charge is 0.463 e. The summed E-state index contributed by atoms with van der Waals surface area (Å²) < 4.78 is 21.9. The van der Waals surface area contributed by atoms with E-state index in [1.165, 1.54) is 17.7 Å². The van der Waals surface area contributed by atoms with Crippen molar-refractivity contribution in [3.05, 3.63) is 48.0 Å². The highest BCUT2D eigenvalue weighted by Crippen LogP contribution is 2.31. The van der Waals surface area contributed by atoms with E-state index in [0.29, 0.717) is 47.1 Å². The maximum atomic E-state index is 14.7. The number of ether oxygens (including phenoxy) is 1. The monoisotopic (exact) mass is 548 g/mol. The Kier molecular flexibility index (Phi) is 7.78. The number of hydrogen-bond acceptors (Lipinski definition) is 8. The van der Waals surface area contributed by atoms with Crippen LogP contribution < -0.4 is 25.6 Å². The summed E-state index contributed by atoms with van der Waals surface area (Å²) in [6.07, 6.45) is 3.94. The van der Waals surface area contributed by atoms with Gasteiger partial charge in [-0.1, -0.05) is 0 Å². The highest BCUT2D eigenvalue weighted by atomic mass is 19.1. The van der Waals surface area contributed by atoms with Crippen LogP contribution in [0.15, 0.2) is 36.7 Å². The minimum atomic E-state index is -0.521. The predicted octanol–water partition coefficient (Wildman–Crippen LogP) is 3.00. The second-order valence-electron chi connectivity index (χ2n) is 10.3. The van der Waals surface area contributed by atoms with E-state index >= 15 is 0 Å². The van der Waals surface area contributed by atoms with Crippen LogP contribution >= 0.6 is 0 Å². The molecule has 3 heterocycles. The number of nitrogens with zero attached hydrogens (tertiary/aromatic N) is 5. The molecule has 2 aromatic carbocycles. The van der Waals surface area contributed by atoms with E-state index in [9.17, 15) is 14.0 Å².